The van der Waals surface area contributed by atoms with Crippen molar-refractivity contribution in [1.82, 2.24) is 4.90 Å². The van der Waals surface area contributed by atoms with Gasteiger partial charge in [0.05, 0.1) is 12.1 Å². The van der Waals surface area contributed by atoms with Crippen LogP contribution in [0.5, 0.6) is 0 Å². The second kappa shape index (κ2) is 10.8. The van der Waals surface area contributed by atoms with E-state index < -0.39 is 12.1 Å². The lowest BCUT2D eigenvalue weighted by Gasteiger charge is -2.22. The van der Waals surface area contributed by atoms with Crippen LogP contribution in [-0.4, -0.2) is 39.6 Å². The Hall–Kier alpha value is -2.14. The normalized spacial score (nSPS) is 18.6. The minimum absolute atomic E-state index is 0.115. The lowest BCUT2D eigenvalue weighted by atomic mass is 10.1. The molecule has 0 saturated carbocycles. The Bertz CT molecular complexity index is 599. The molecular weight excluding hydrogens is 330 g/mol. The zero-order chi connectivity index (χ0) is 18.8. The van der Waals surface area contributed by atoms with E-state index in [9.17, 15) is 14.7 Å². The highest BCUT2D eigenvalue weighted by Gasteiger charge is 2.28. The number of aliphatic hydroxyl groups is 1. The van der Waals surface area contributed by atoms with E-state index in [4.69, 9.17) is 5.11 Å². The third kappa shape index (κ3) is 6.64. The van der Waals surface area contributed by atoms with Crippen LogP contribution in [0.2, 0.25) is 0 Å². The lowest BCUT2D eigenvalue weighted by Crippen LogP contribution is -2.32. The Morgan fingerprint density at radius 1 is 1.19 bits per heavy atom. The second-order valence-corrected chi connectivity index (χ2v) is 6.84. The summed E-state index contributed by atoms with van der Waals surface area (Å²) in [4.78, 5) is 24.5. The van der Waals surface area contributed by atoms with Gasteiger partial charge in [-0.25, -0.2) is 0 Å². The number of rotatable bonds is 11. The van der Waals surface area contributed by atoms with Crippen molar-refractivity contribution < 1.29 is 19.8 Å². The van der Waals surface area contributed by atoms with Crippen LogP contribution in [0.1, 0.15) is 63.0 Å². The van der Waals surface area contributed by atoms with Gasteiger partial charge in [-0.05, 0) is 31.2 Å². The molecule has 1 heterocycles. The van der Waals surface area contributed by atoms with E-state index in [2.05, 4.69) is 0 Å². The van der Waals surface area contributed by atoms with Crippen molar-refractivity contribution in [2.45, 2.75) is 63.5 Å². The fourth-order valence-corrected chi connectivity index (χ4v) is 3.33. The first-order valence-electron chi connectivity index (χ1n) is 9.49. The van der Waals surface area contributed by atoms with E-state index in [-0.39, 0.29) is 18.4 Å². The SMILES string of the molecule is O=C(O)CCCCCCN1C(=O)CC[C@H]1/C=C/CC(O)c1ccccc1. The Morgan fingerprint density at radius 2 is 1.92 bits per heavy atom. The van der Waals surface area contributed by atoms with Gasteiger partial charge in [0.15, 0.2) is 0 Å². The van der Waals surface area contributed by atoms with E-state index in [0.29, 0.717) is 19.3 Å². The number of carboxylic acids is 1. The number of hydrogen-bond donors (Lipinski definition) is 2. The zero-order valence-electron chi connectivity index (χ0n) is 15.2. The van der Waals surface area contributed by atoms with Crippen LogP contribution in [0.4, 0.5) is 0 Å². The molecule has 5 heteroatoms. The molecule has 1 aliphatic heterocycles. The summed E-state index contributed by atoms with van der Waals surface area (Å²) >= 11 is 0. The van der Waals surface area contributed by atoms with Gasteiger partial charge in [-0.1, -0.05) is 55.3 Å². The van der Waals surface area contributed by atoms with E-state index in [1.165, 1.54) is 0 Å². The molecule has 5 nitrogen and oxygen atoms in total. The molecule has 0 spiro atoms. The molecule has 1 aromatic rings. The first kappa shape index (κ1) is 20.2. The summed E-state index contributed by atoms with van der Waals surface area (Å²) < 4.78 is 0. The molecule has 1 saturated heterocycles. The molecule has 1 aliphatic rings. The largest absolute Gasteiger partial charge is 0.481 e. The van der Waals surface area contributed by atoms with Gasteiger partial charge in [0.2, 0.25) is 5.91 Å². The quantitative estimate of drug-likeness (QED) is 0.466. The number of hydrogen-bond acceptors (Lipinski definition) is 3. The molecule has 2 atom stereocenters. The molecule has 0 bridgehead atoms. The lowest BCUT2D eigenvalue weighted by molar-refractivity contribution is -0.137. The van der Waals surface area contributed by atoms with E-state index in [1.807, 2.05) is 47.4 Å². The number of nitrogens with zero attached hydrogens (tertiary/aromatic N) is 1. The summed E-state index contributed by atoms with van der Waals surface area (Å²) in [6.07, 6.45) is 9.10. The van der Waals surface area contributed by atoms with Crippen molar-refractivity contribution in [3.63, 3.8) is 0 Å². The number of aliphatic hydroxyl groups excluding tert-OH is 1. The summed E-state index contributed by atoms with van der Waals surface area (Å²) in [5.41, 5.74) is 0.901. The summed E-state index contributed by atoms with van der Waals surface area (Å²) in [5.74, 6) is -0.559. The van der Waals surface area contributed by atoms with E-state index in [1.54, 1.807) is 0 Å². The Balaban J connectivity index is 1.73. The van der Waals surface area contributed by atoms with Crippen molar-refractivity contribution in [2.75, 3.05) is 6.54 Å². The number of carbonyl (C=O) groups is 2. The van der Waals surface area contributed by atoms with Crippen LogP contribution in [0.25, 0.3) is 0 Å². The molecule has 26 heavy (non-hydrogen) atoms. The second-order valence-electron chi connectivity index (χ2n) is 6.84. The van der Waals surface area contributed by atoms with Crippen LogP contribution in [0, 0.1) is 0 Å². The van der Waals surface area contributed by atoms with Gasteiger partial charge < -0.3 is 15.1 Å². The first-order valence-corrected chi connectivity index (χ1v) is 9.49. The zero-order valence-corrected chi connectivity index (χ0v) is 15.2. The maximum absolute atomic E-state index is 12.1. The Morgan fingerprint density at radius 3 is 2.65 bits per heavy atom. The van der Waals surface area contributed by atoms with Crippen molar-refractivity contribution >= 4 is 11.9 Å². The first-order chi connectivity index (χ1) is 12.6. The summed E-state index contributed by atoms with van der Waals surface area (Å²) in [7, 11) is 0. The molecule has 0 aliphatic carbocycles. The minimum atomic E-state index is -0.748. The fourth-order valence-electron chi connectivity index (χ4n) is 3.33. The number of carbonyl (C=O) groups excluding carboxylic acids is 1. The van der Waals surface area contributed by atoms with Crippen LogP contribution < -0.4 is 0 Å². The van der Waals surface area contributed by atoms with Crippen molar-refractivity contribution in [3.05, 3.63) is 48.0 Å². The predicted molar refractivity (Wildman–Crippen MR) is 101 cm³/mol. The standard InChI is InChI=1S/C21H29NO4/c23-19(17-9-4-3-5-10-17)12-8-11-18-14-15-20(24)22(18)16-7-2-1-6-13-21(25)26/h3-5,8-11,18-19,23H,1-2,6-7,12-16H2,(H,25,26)/b11-8+/t18-,19?/m1/s1. The summed E-state index contributed by atoms with van der Waals surface area (Å²) in [6.45, 7) is 0.724. The molecular formula is C21H29NO4. The maximum atomic E-state index is 12.1. The molecule has 0 radical (unpaired) electrons. The highest BCUT2D eigenvalue weighted by atomic mass is 16.4. The van der Waals surface area contributed by atoms with Crippen LogP contribution in [0.15, 0.2) is 42.5 Å². The molecule has 2 rings (SSSR count). The number of aliphatic carboxylic acids is 1. The van der Waals surface area contributed by atoms with Gasteiger partial charge in [-0.3, -0.25) is 9.59 Å². The van der Waals surface area contributed by atoms with E-state index in [0.717, 1.165) is 37.8 Å². The number of benzene rings is 1. The third-order valence-electron chi connectivity index (χ3n) is 4.82. The Labute approximate surface area is 155 Å². The molecule has 142 valence electrons. The minimum Gasteiger partial charge on any atom is -0.481 e. The van der Waals surface area contributed by atoms with Gasteiger partial charge in [-0.15, -0.1) is 0 Å². The number of likely N-dealkylation sites (tertiary alicyclic amines) is 1. The average molecular weight is 359 g/mol. The Kier molecular flexibility index (Phi) is 8.35. The molecule has 1 amide bonds. The van der Waals surface area contributed by atoms with Gasteiger partial charge in [0.1, 0.15) is 0 Å². The molecule has 0 aromatic heterocycles. The smallest absolute Gasteiger partial charge is 0.303 e. The number of amides is 1. The molecule has 1 aromatic carbocycles. The predicted octanol–water partition coefficient (Wildman–Crippen LogP) is 3.69. The molecule has 1 fully saturated rings. The number of carboxylic acid groups (broad SMARTS) is 1. The van der Waals surface area contributed by atoms with E-state index >= 15 is 0 Å². The molecule has 1 unspecified atom stereocenters. The van der Waals surface area contributed by atoms with Crippen LogP contribution in [-0.2, 0) is 9.59 Å². The topological polar surface area (TPSA) is 77.8 Å². The maximum Gasteiger partial charge on any atom is 0.303 e. The highest BCUT2D eigenvalue weighted by Crippen LogP contribution is 2.22. The summed E-state index contributed by atoms with van der Waals surface area (Å²) in [6, 6.07) is 9.69. The molecule has 2 N–H and O–H groups in total. The van der Waals surface area contributed by atoms with Crippen LogP contribution >= 0.6 is 0 Å². The fraction of sp³-hybridized carbons (Fsp3) is 0.524. The number of unbranched alkanes of at least 4 members (excludes halogenated alkanes) is 3. The monoisotopic (exact) mass is 359 g/mol. The average Bonchev–Trinajstić information content (AvgIpc) is 2.98. The van der Waals surface area contributed by atoms with Crippen molar-refractivity contribution in [2.24, 2.45) is 0 Å². The van der Waals surface area contributed by atoms with Crippen LogP contribution in [0.3, 0.4) is 0 Å². The van der Waals surface area contributed by atoms with Gasteiger partial charge in [0, 0.05) is 19.4 Å². The van der Waals surface area contributed by atoms with Gasteiger partial charge in [-0.2, -0.15) is 0 Å². The highest BCUT2D eigenvalue weighted by molar-refractivity contribution is 5.79. The van der Waals surface area contributed by atoms with Gasteiger partial charge >= 0.3 is 5.97 Å². The van der Waals surface area contributed by atoms with Crippen molar-refractivity contribution in [3.8, 4) is 0 Å². The third-order valence-corrected chi connectivity index (χ3v) is 4.82. The summed E-state index contributed by atoms with van der Waals surface area (Å²) in [5, 5.41) is 18.8. The van der Waals surface area contributed by atoms with Crippen molar-refractivity contribution in [1.29, 1.82) is 0 Å². The van der Waals surface area contributed by atoms with Gasteiger partial charge in [0.25, 0.3) is 0 Å².